The average molecular weight is 268 g/mol. The first-order chi connectivity index (χ1) is 9.05. The number of anilines is 1. The quantitative estimate of drug-likeness (QED) is 0.873. The van der Waals surface area contributed by atoms with Crippen molar-refractivity contribution in [2.75, 3.05) is 25.6 Å². The van der Waals surface area contributed by atoms with Gasteiger partial charge in [-0.15, -0.1) is 0 Å². The molecule has 102 valence electrons. The van der Waals surface area contributed by atoms with Crippen LogP contribution in [-0.4, -0.2) is 36.3 Å². The molecule has 0 amide bonds. The Morgan fingerprint density at radius 2 is 2.16 bits per heavy atom. The maximum Gasteiger partial charge on any atom is 0.287 e. The van der Waals surface area contributed by atoms with Gasteiger partial charge in [0.1, 0.15) is 18.2 Å². The molecule has 19 heavy (non-hydrogen) atoms. The van der Waals surface area contributed by atoms with Crippen LogP contribution in [0.3, 0.4) is 0 Å². The smallest absolute Gasteiger partial charge is 0.287 e. The van der Waals surface area contributed by atoms with E-state index < -0.39 is 19.1 Å². The number of ether oxygens (including phenoxy) is 1. The predicted molar refractivity (Wildman–Crippen MR) is 68.8 cm³/mol. The fourth-order valence-corrected chi connectivity index (χ4v) is 1.69. The number of halogens is 2. The van der Waals surface area contributed by atoms with Crippen LogP contribution in [0.1, 0.15) is 0 Å². The zero-order valence-electron chi connectivity index (χ0n) is 10.4. The van der Waals surface area contributed by atoms with Crippen LogP contribution in [0.4, 0.5) is 14.6 Å². The minimum Gasteiger partial charge on any atom is -0.497 e. The van der Waals surface area contributed by atoms with E-state index in [0.717, 1.165) is 10.8 Å². The van der Waals surface area contributed by atoms with E-state index in [2.05, 4.69) is 10.3 Å². The van der Waals surface area contributed by atoms with Crippen molar-refractivity contribution in [1.29, 1.82) is 0 Å². The van der Waals surface area contributed by atoms with E-state index in [1.807, 2.05) is 0 Å². The molecule has 4 nitrogen and oxygen atoms in total. The molecular weight excluding hydrogens is 254 g/mol. The minimum absolute atomic E-state index is 0.355. The van der Waals surface area contributed by atoms with Crippen LogP contribution >= 0.6 is 0 Å². The van der Waals surface area contributed by atoms with Crippen LogP contribution in [0, 0.1) is 0 Å². The lowest BCUT2D eigenvalue weighted by Crippen LogP contribution is -2.31. The van der Waals surface area contributed by atoms with Gasteiger partial charge in [-0.25, -0.2) is 13.8 Å². The number of pyridine rings is 1. The number of aliphatic hydroxyl groups is 1. The average Bonchev–Trinajstić information content (AvgIpc) is 2.44. The van der Waals surface area contributed by atoms with Crippen LogP contribution in [0.25, 0.3) is 10.8 Å². The van der Waals surface area contributed by atoms with Crippen LogP contribution in [0.2, 0.25) is 0 Å². The summed E-state index contributed by atoms with van der Waals surface area (Å²) in [7, 11) is 1.56. The van der Waals surface area contributed by atoms with Gasteiger partial charge in [-0.1, -0.05) is 0 Å². The normalized spacial score (nSPS) is 11.6. The summed E-state index contributed by atoms with van der Waals surface area (Å²) < 4.78 is 31.1. The third kappa shape index (κ3) is 3.08. The van der Waals surface area contributed by atoms with E-state index in [4.69, 9.17) is 9.84 Å². The van der Waals surface area contributed by atoms with Crippen LogP contribution in [0.5, 0.6) is 5.75 Å². The Morgan fingerprint density at radius 1 is 1.37 bits per heavy atom. The van der Waals surface area contributed by atoms with Gasteiger partial charge in [0.25, 0.3) is 5.92 Å². The van der Waals surface area contributed by atoms with Gasteiger partial charge in [-0.05, 0) is 29.7 Å². The van der Waals surface area contributed by atoms with E-state index in [-0.39, 0.29) is 0 Å². The monoisotopic (exact) mass is 268 g/mol. The molecule has 2 rings (SSSR count). The fraction of sp³-hybridized carbons (Fsp3) is 0.308. The number of aromatic nitrogens is 1. The van der Waals surface area contributed by atoms with Crippen LogP contribution in [-0.2, 0) is 0 Å². The molecule has 0 bridgehead atoms. The van der Waals surface area contributed by atoms with E-state index >= 15 is 0 Å². The zero-order valence-corrected chi connectivity index (χ0v) is 10.4. The SMILES string of the molecule is COc1ccc2c(NCC(F)(F)CO)nccc2c1. The van der Waals surface area contributed by atoms with Crippen molar-refractivity contribution in [3.05, 3.63) is 30.5 Å². The molecule has 0 radical (unpaired) electrons. The van der Waals surface area contributed by atoms with Gasteiger partial charge in [0.15, 0.2) is 0 Å². The molecule has 1 aromatic heterocycles. The highest BCUT2D eigenvalue weighted by Crippen LogP contribution is 2.26. The largest absolute Gasteiger partial charge is 0.497 e. The van der Waals surface area contributed by atoms with E-state index in [0.29, 0.717) is 11.6 Å². The maximum absolute atomic E-state index is 13.0. The molecule has 1 heterocycles. The molecular formula is C13H14F2N2O2. The van der Waals surface area contributed by atoms with Crippen molar-refractivity contribution in [2.45, 2.75) is 5.92 Å². The second kappa shape index (κ2) is 5.36. The highest BCUT2D eigenvalue weighted by Gasteiger charge is 2.27. The summed E-state index contributed by atoms with van der Waals surface area (Å²) in [6.45, 7) is -1.86. The van der Waals surface area contributed by atoms with Crippen molar-refractivity contribution >= 4 is 16.6 Å². The molecule has 1 aromatic carbocycles. The fourth-order valence-electron chi connectivity index (χ4n) is 1.69. The number of hydrogen-bond donors (Lipinski definition) is 2. The summed E-state index contributed by atoms with van der Waals surface area (Å²) in [6, 6.07) is 7.06. The van der Waals surface area contributed by atoms with Crippen molar-refractivity contribution in [1.82, 2.24) is 4.98 Å². The van der Waals surface area contributed by atoms with Crippen molar-refractivity contribution in [3.8, 4) is 5.75 Å². The van der Waals surface area contributed by atoms with Gasteiger partial charge >= 0.3 is 0 Å². The summed E-state index contributed by atoms with van der Waals surface area (Å²) in [5.74, 6) is -2.13. The van der Waals surface area contributed by atoms with Gasteiger partial charge in [0, 0.05) is 11.6 Å². The number of fused-ring (bicyclic) bond motifs is 1. The number of benzene rings is 1. The van der Waals surface area contributed by atoms with Crippen LogP contribution < -0.4 is 10.1 Å². The number of aliphatic hydroxyl groups excluding tert-OH is 1. The summed E-state index contributed by atoms with van der Waals surface area (Å²) >= 11 is 0. The highest BCUT2D eigenvalue weighted by atomic mass is 19.3. The van der Waals surface area contributed by atoms with Gasteiger partial charge in [0.05, 0.1) is 13.7 Å². The molecule has 0 fully saturated rings. The molecule has 0 aliphatic carbocycles. The lowest BCUT2D eigenvalue weighted by molar-refractivity contribution is -0.0373. The first-order valence-corrected chi connectivity index (χ1v) is 5.71. The van der Waals surface area contributed by atoms with Gasteiger partial charge in [-0.2, -0.15) is 0 Å². The third-order valence-corrected chi connectivity index (χ3v) is 2.72. The Labute approximate surface area is 109 Å². The first kappa shape index (κ1) is 13.5. The Balaban J connectivity index is 2.29. The Kier molecular flexibility index (Phi) is 3.80. The summed E-state index contributed by atoms with van der Waals surface area (Å²) in [5.41, 5.74) is 0. The topological polar surface area (TPSA) is 54.4 Å². The van der Waals surface area contributed by atoms with E-state index in [1.165, 1.54) is 6.20 Å². The number of hydrogen-bond acceptors (Lipinski definition) is 4. The number of nitrogens with zero attached hydrogens (tertiary/aromatic N) is 1. The second-order valence-corrected chi connectivity index (χ2v) is 4.11. The molecule has 0 spiro atoms. The lowest BCUT2D eigenvalue weighted by Gasteiger charge is -2.15. The van der Waals surface area contributed by atoms with Crippen molar-refractivity contribution in [3.63, 3.8) is 0 Å². The van der Waals surface area contributed by atoms with E-state index in [1.54, 1.807) is 31.4 Å². The number of alkyl halides is 2. The van der Waals surface area contributed by atoms with Crippen LogP contribution in [0.15, 0.2) is 30.5 Å². The van der Waals surface area contributed by atoms with E-state index in [9.17, 15) is 8.78 Å². The summed E-state index contributed by atoms with van der Waals surface area (Å²) in [4.78, 5) is 4.03. The van der Waals surface area contributed by atoms with Crippen molar-refractivity contribution in [2.24, 2.45) is 0 Å². The third-order valence-electron chi connectivity index (χ3n) is 2.72. The molecule has 0 aliphatic heterocycles. The molecule has 2 aromatic rings. The number of methoxy groups -OCH3 is 1. The molecule has 2 N–H and O–H groups in total. The maximum atomic E-state index is 13.0. The Morgan fingerprint density at radius 3 is 2.84 bits per heavy atom. The molecule has 0 saturated heterocycles. The van der Waals surface area contributed by atoms with Gasteiger partial charge in [0.2, 0.25) is 0 Å². The molecule has 6 heteroatoms. The van der Waals surface area contributed by atoms with Crippen molar-refractivity contribution < 1.29 is 18.6 Å². The standard InChI is InChI=1S/C13H14F2N2O2/c1-19-10-2-3-11-9(6-10)4-5-16-12(11)17-7-13(14,15)8-18/h2-6,18H,7-8H2,1H3,(H,16,17). The Bertz CT molecular complexity index is 576. The lowest BCUT2D eigenvalue weighted by atomic mass is 10.1. The molecule has 0 atom stereocenters. The van der Waals surface area contributed by atoms with Gasteiger partial charge < -0.3 is 15.2 Å². The zero-order chi connectivity index (χ0) is 13.9. The first-order valence-electron chi connectivity index (χ1n) is 5.71. The molecule has 0 saturated carbocycles. The van der Waals surface area contributed by atoms with Gasteiger partial charge in [-0.3, -0.25) is 0 Å². The second-order valence-electron chi connectivity index (χ2n) is 4.11. The molecule has 0 unspecified atom stereocenters. The summed E-state index contributed by atoms with van der Waals surface area (Å²) in [5, 5.41) is 12.6. The number of rotatable bonds is 5. The summed E-state index contributed by atoms with van der Waals surface area (Å²) in [6.07, 6.45) is 1.53. The minimum atomic E-state index is -3.17. The predicted octanol–water partition coefficient (Wildman–Crippen LogP) is 2.28. The molecule has 0 aliphatic rings. The Hall–Kier alpha value is -1.95. The highest BCUT2D eigenvalue weighted by molar-refractivity contribution is 5.92. The number of nitrogens with one attached hydrogen (secondary N) is 1.